The summed E-state index contributed by atoms with van der Waals surface area (Å²) in [6, 6.07) is 4.00. The van der Waals surface area contributed by atoms with Crippen LogP contribution in [0.5, 0.6) is 0 Å². The number of sulfonamides is 1. The summed E-state index contributed by atoms with van der Waals surface area (Å²) in [6.45, 7) is 3.15. The molecule has 0 aliphatic carbocycles. The van der Waals surface area contributed by atoms with Crippen LogP contribution in [0, 0.1) is 0 Å². The third kappa shape index (κ3) is 3.49. The van der Waals surface area contributed by atoms with Crippen LogP contribution in [0.2, 0.25) is 0 Å². The van der Waals surface area contributed by atoms with Gasteiger partial charge in [0.25, 0.3) is 0 Å². The van der Waals surface area contributed by atoms with Crippen LogP contribution in [0.4, 0.5) is 5.82 Å². The number of aromatic nitrogens is 1. The fourth-order valence-corrected chi connectivity index (χ4v) is 4.28. The van der Waals surface area contributed by atoms with Crippen molar-refractivity contribution in [3.63, 3.8) is 0 Å². The molecule has 0 saturated carbocycles. The maximum Gasteiger partial charge on any atom is 0.214 e. The molecule has 0 bridgehead atoms. The lowest BCUT2D eigenvalue weighted by Gasteiger charge is -2.32. The largest absolute Gasteiger partial charge is 0.373 e. The van der Waals surface area contributed by atoms with Crippen molar-refractivity contribution in [2.75, 3.05) is 31.2 Å². The van der Waals surface area contributed by atoms with Gasteiger partial charge in [-0.3, -0.25) is 0 Å². The van der Waals surface area contributed by atoms with Crippen molar-refractivity contribution in [1.29, 1.82) is 0 Å². The van der Waals surface area contributed by atoms with Gasteiger partial charge in [-0.25, -0.2) is 17.7 Å². The Morgan fingerprint density at radius 3 is 3.00 bits per heavy atom. The third-order valence-corrected chi connectivity index (χ3v) is 5.79. The standard InChI is InChI=1S/C14H23N3O2S/c1-3-9-20(18,19)17-8-4-5-13(11-17)12-6-7-16-14(10-12)15-2/h6-7,10,13H,3-5,8-9,11H2,1-2H3,(H,15,16)/t13-/m0/s1. The monoisotopic (exact) mass is 297 g/mol. The van der Waals surface area contributed by atoms with Gasteiger partial charge in [-0.15, -0.1) is 0 Å². The molecule has 20 heavy (non-hydrogen) atoms. The second-order valence-corrected chi connectivity index (χ2v) is 7.33. The summed E-state index contributed by atoms with van der Waals surface area (Å²) in [5.74, 6) is 1.35. The van der Waals surface area contributed by atoms with Gasteiger partial charge in [0.2, 0.25) is 10.0 Å². The molecule has 1 saturated heterocycles. The first-order chi connectivity index (χ1) is 9.56. The van der Waals surface area contributed by atoms with Gasteiger partial charge in [0, 0.05) is 26.3 Å². The molecule has 2 heterocycles. The Hall–Kier alpha value is -1.14. The third-order valence-electron chi connectivity index (χ3n) is 3.75. The fraction of sp³-hybridized carbons (Fsp3) is 0.643. The predicted octanol–water partition coefficient (Wildman–Crippen LogP) is 2.04. The molecule has 2 rings (SSSR count). The van der Waals surface area contributed by atoms with Gasteiger partial charge in [-0.05, 0) is 42.9 Å². The molecule has 0 spiro atoms. The fourth-order valence-electron chi connectivity index (χ4n) is 2.69. The van der Waals surface area contributed by atoms with Crippen molar-refractivity contribution in [3.8, 4) is 0 Å². The summed E-state index contributed by atoms with van der Waals surface area (Å²) in [5.41, 5.74) is 1.17. The molecule has 0 aromatic carbocycles. The molecule has 1 atom stereocenters. The van der Waals surface area contributed by atoms with Crippen LogP contribution in [0.1, 0.15) is 37.7 Å². The molecular weight excluding hydrogens is 274 g/mol. The molecule has 5 nitrogen and oxygen atoms in total. The number of nitrogens with zero attached hydrogens (tertiary/aromatic N) is 2. The lowest BCUT2D eigenvalue weighted by molar-refractivity contribution is 0.315. The van der Waals surface area contributed by atoms with E-state index in [9.17, 15) is 8.42 Å². The average Bonchev–Trinajstić information content (AvgIpc) is 2.47. The summed E-state index contributed by atoms with van der Waals surface area (Å²) in [7, 11) is -1.25. The highest BCUT2D eigenvalue weighted by atomic mass is 32.2. The molecule has 1 aliphatic rings. The first kappa shape index (κ1) is 15.3. The Balaban J connectivity index is 2.14. The minimum absolute atomic E-state index is 0.248. The van der Waals surface area contributed by atoms with Crippen molar-refractivity contribution < 1.29 is 8.42 Å². The molecule has 112 valence electrons. The summed E-state index contributed by atoms with van der Waals surface area (Å²) in [4.78, 5) is 4.21. The lowest BCUT2D eigenvalue weighted by atomic mass is 9.92. The number of rotatable bonds is 5. The number of pyridine rings is 1. The maximum atomic E-state index is 12.2. The van der Waals surface area contributed by atoms with Crippen LogP contribution < -0.4 is 5.32 Å². The van der Waals surface area contributed by atoms with Crippen LogP contribution in [-0.4, -0.2) is 43.6 Å². The van der Waals surface area contributed by atoms with Crippen LogP contribution in [0.15, 0.2) is 18.3 Å². The summed E-state index contributed by atoms with van der Waals surface area (Å²) in [5, 5.41) is 3.03. The van der Waals surface area contributed by atoms with E-state index in [1.807, 2.05) is 26.1 Å². The molecule has 1 aromatic rings. The van der Waals surface area contributed by atoms with Crippen molar-refractivity contribution in [2.24, 2.45) is 0 Å². The molecule has 1 aliphatic heterocycles. The second-order valence-electron chi connectivity index (χ2n) is 5.24. The van der Waals surface area contributed by atoms with E-state index in [1.165, 1.54) is 5.56 Å². The van der Waals surface area contributed by atoms with E-state index in [1.54, 1.807) is 10.5 Å². The molecule has 0 amide bonds. The number of hydrogen-bond donors (Lipinski definition) is 1. The van der Waals surface area contributed by atoms with Gasteiger partial charge in [0.05, 0.1) is 5.75 Å². The van der Waals surface area contributed by atoms with Gasteiger partial charge < -0.3 is 5.32 Å². The SMILES string of the molecule is CCCS(=O)(=O)N1CCC[C@H](c2ccnc(NC)c2)C1. The van der Waals surface area contributed by atoms with E-state index in [4.69, 9.17) is 0 Å². The quantitative estimate of drug-likeness (QED) is 0.903. The number of nitrogens with one attached hydrogen (secondary N) is 1. The molecule has 1 aromatic heterocycles. The van der Waals surface area contributed by atoms with Crippen LogP contribution in [-0.2, 0) is 10.0 Å². The maximum absolute atomic E-state index is 12.2. The summed E-state index contributed by atoms with van der Waals surface area (Å²) in [6.07, 6.45) is 4.40. The Morgan fingerprint density at radius 1 is 1.50 bits per heavy atom. The molecule has 1 fully saturated rings. The topological polar surface area (TPSA) is 62.3 Å². The minimum atomic E-state index is -3.09. The van der Waals surface area contributed by atoms with Crippen molar-refractivity contribution in [2.45, 2.75) is 32.1 Å². The molecule has 6 heteroatoms. The first-order valence-corrected chi connectivity index (χ1v) is 8.79. The lowest BCUT2D eigenvalue weighted by Crippen LogP contribution is -2.40. The predicted molar refractivity (Wildman–Crippen MR) is 81.4 cm³/mol. The Labute approximate surface area is 121 Å². The molecular formula is C14H23N3O2S. The highest BCUT2D eigenvalue weighted by molar-refractivity contribution is 7.89. The van der Waals surface area contributed by atoms with Crippen LogP contribution >= 0.6 is 0 Å². The summed E-state index contributed by atoms with van der Waals surface area (Å²) < 4.78 is 26.0. The average molecular weight is 297 g/mol. The van der Waals surface area contributed by atoms with Crippen molar-refractivity contribution in [3.05, 3.63) is 23.9 Å². The zero-order chi connectivity index (χ0) is 14.6. The highest BCUT2D eigenvalue weighted by Gasteiger charge is 2.29. The van der Waals surface area contributed by atoms with Gasteiger partial charge in [0.15, 0.2) is 0 Å². The zero-order valence-corrected chi connectivity index (χ0v) is 13.0. The van der Waals surface area contributed by atoms with Crippen LogP contribution in [0.3, 0.4) is 0 Å². The van der Waals surface area contributed by atoms with Crippen molar-refractivity contribution in [1.82, 2.24) is 9.29 Å². The van der Waals surface area contributed by atoms with Gasteiger partial charge >= 0.3 is 0 Å². The Kier molecular flexibility index (Phi) is 4.99. The number of piperidine rings is 1. The molecule has 0 radical (unpaired) electrons. The highest BCUT2D eigenvalue weighted by Crippen LogP contribution is 2.29. The number of anilines is 1. The van der Waals surface area contributed by atoms with E-state index >= 15 is 0 Å². The van der Waals surface area contributed by atoms with Gasteiger partial charge in [-0.2, -0.15) is 0 Å². The van der Waals surface area contributed by atoms with E-state index in [0.717, 1.165) is 18.7 Å². The van der Waals surface area contributed by atoms with E-state index < -0.39 is 10.0 Å². The van der Waals surface area contributed by atoms with Crippen molar-refractivity contribution >= 4 is 15.8 Å². The zero-order valence-electron chi connectivity index (χ0n) is 12.2. The summed E-state index contributed by atoms with van der Waals surface area (Å²) >= 11 is 0. The normalized spacial score (nSPS) is 20.8. The van der Waals surface area contributed by atoms with E-state index in [2.05, 4.69) is 10.3 Å². The molecule has 1 N–H and O–H groups in total. The smallest absolute Gasteiger partial charge is 0.214 e. The van der Waals surface area contributed by atoms with Gasteiger partial charge in [-0.1, -0.05) is 6.92 Å². The Bertz CT molecular complexity index is 545. The minimum Gasteiger partial charge on any atom is -0.373 e. The van der Waals surface area contributed by atoms with E-state index in [-0.39, 0.29) is 11.7 Å². The Morgan fingerprint density at radius 2 is 2.30 bits per heavy atom. The second kappa shape index (κ2) is 6.54. The van der Waals surface area contributed by atoms with E-state index in [0.29, 0.717) is 19.5 Å². The van der Waals surface area contributed by atoms with Gasteiger partial charge in [0.1, 0.15) is 5.82 Å². The van der Waals surface area contributed by atoms with Crippen LogP contribution in [0.25, 0.3) is 0 Å². The first-order valence-electron chi connectivity index (χ1n) is 7.18. The molecule has 0 unspecified atom stereocenters. The number of hydrogen-bond acceptors (Lipinski definition) is 4.